The molecule has 0 aliphatic heterocycles. The minimum absolute atomic E-state index is 0. The zero-order valence-corrected chi connectivity index (χ0v) is 20.3. The van der Waals surface area contributed by atoms with Crippen LogP contribution in [0.3, 0.4) is 0 Å². The predicted molar refractivity (Wildman–Crippen MR) is 124 cm³/mol. The van der Waals surface area contributed by atoms with Crippen molar-refractivity contribution >= 4 is 5.78 Å². The number of nitrogens with zero attached hydrogens (tertiary/aromatic N) is 2. The second kappa shape index (κ2) is 15.4. The van der Waals surface area contributed by atoms with Crippen LogP contribution in [-0.2, 0) is 24.9 Å². The number of carbonyl (C=O) groups excluding carboxylic acids is 1. The first-order chi connectivity index (χ1) is 15.1. The van der Waals surface area contributed by atoms with Crippen LogP contribution in [0, 0.1) is 12.1 Å². The second-order valence-corrected chi connectivity index (χ2v) is 6.38. The Balaban J connectivity index is 0.000000304. The summed E-state index contributed by atoms with van der Waals surface area (Å²) in [7, 11) is 0. The van der Waals surface area contributed by atoms with Crippen molar-refractivity contribution < 1.29 is 30.0 Å². The molecule has 0 saturated heterocycles. The molecule has 2 aromatic heterocycles. The summed E-state index contributed by atoms with van der Waals surface area (Å²) in [6.45, 7) is 2.85. The molecule has 0 saturated carbocycles. The van der Waals surface area contributed by atoms with E-state index >= 15 is 0 Å². The number of hydrogen-bond acceptors (Lipinski definition) is 4. The topological polar surface area (TPSA) is 63.1 Å². The van der Waals surface area contributed by atoms with Crippen LogP contribution in [0.15, 0.2) is 109 Å². The summed E-state index contributed by atoms with van der Waals surface area (Å²) in [4.78, 5) is 18.5. The normalized spacial score (nSPS) is 9.75. The third-order valence-electron chi connectivity index (χ3n) is 3.70. The summed E-state index contributed by atoms with van der Waals surface area (Å²) in [6, 6.07) is 33.8. The maximum absolute atomic E-state index is 10.0. The minimum Gasteiger partial charge on any atom is -0.512 e. The van der Waals surface area contributed by atoms with Crippen molar-refractivity contribution in [2.75, 3.05) is 0 Å². The van der Waals surface area contributed by atoms with Crippen LogP contribution in [-0.4, -0.2) is 20.9 Å². The first-order valence-corrected chi connectivity index (χ1v) is 9.70. The van der Waals surface area contributed by atoms with Crippen molar-refractivity contribution in [3.8, 4) is 22.5 Å². The number of ketones is 1. The third kappa shape index (κ3) is 10.6. The Morgan fingerprint density at radius 2 is 1.31 bits per heavy atom. The van der Waals surface area contributed by atoms with E-state index in [1.807, 2.05) is 84.9 Å². The average molecular weight is 601 g/mol. The molecular formula is C27H24IrN2O2-2. The van der Waals surface area contributed by atoms with E-state index in [0.717, 1.165) is 22.5 Å². The molecule has 0 atom stereocenters. The molecule has 2 aromatic carbocycles. The number of allylic oxidation sites excluding steroid dienone is 2. The van der Waals surface area contributed by atoms with E-state index < -0.39 is 0 Å². The Bertz CT molecular complexity index is 985. The fourth-order valence-corrected chi connectivity index (χ4v) is 2.45. The molecule has 5 heteroatoms. The molecule has 165 valence electrons. The van der Waals surface area contributed by atoms with Gasteiger partial charge >= 0.3 is 0 Å². The van der Waals surface area contributed by atoms with E-state index in [2.05, 4.69) is 22.1 Å². The quantitative estimate of drug-likeness (QED) is 0.175. The summed E-state index contributed by atoms with van der Waals surface area (Å²) >= 11 is 0. The van der Waals surface area contributed by atoms with E-state index in [4.69, 9.17) is 5.11 Å². The standard InChI is InChI=1S/C17H11N.C5H5N.C5H8O2.Ir/c1-3-8-14(9-4-1)16-12-7-13-17(18-16)15-10-5-2-6-11-15;1-2-4-6-5-3-1;1-4(6)3-5(2)7;/h1-8,10,12-13H;1-5H;3,6H,1-2H3;/q-2;;;/b;;4-3-;. The zero-order valence-electron chi connectivity index (χ0n) is 17.9. The van der Waals surface area contributed by atoms with E-state index in [1.165, 1.54) is 19.9 Å². The van der Waals surface area contributed by atoms with E-state index in [-0.39, 0.29) is 31.6 Å². The number of pyridine rings is 2. The smallest absolute Gasteiger partial charge is 0.155 e. The van der Waals surface area contributed by atoms with E-state index in [1.54, 1.807) is 12.4 Å². The van der Waals surface area contributed by atoms with E-state index in [0.29, 0.717) is 0 Å². The molecule has 4 aromatic rings. The van der Waals surface area contributed by atoms with Gasteiger partial charge in [0.15, 0.2) is 5.78 Å². The van der Waals surface area contributed by atoms with Gasteiger partial charge in [-0.2, -0.15) is 0 Å². The molecule has 0 bridgehead atoms. The van der Waals surface area contributed by atoms with Crippen molar-refractivity contribution in [3.05, 3.63) is 121 Å². The molecule has 0 amide bonds. The number of aliphatic hydroxyl groups excluding tert-OH is 1. The Morgan fingerprint density at radius 3 is 1.59 bits per heavy atom. The Morgan fingerprint density at radius 1 is 0.781 bits per heavy atom. The van der Waals surface area contributed by atoms with Gasteiger partial charge in [0.2, 0.25) is 0 Å². The minimum atomic E-state index is -0.125. The number of hydrogen-bond donors (Lipinski definition) is 1. The molecule has 0 aliphatic carbocycles. The van der Waals surface area contributed by atoms with Crippen molar-refractivity contribution in [3.63, 3.8) is 0 Å². The van der Waals surface area contributed by atoms with Crippen LogP contribution >= 0.6 is 0 Å². The van der Waals surface area contributed by atoms with Crippen LogP contribution in [0.25, 0.3) is 22.5 Å². The summed E-state index contributed by atoms with van der Waals surface area (Å²) in [5.41, 5.74) is 3.89. The number of benzene rings is 2. The molecule has 0 spiro atoms. The van der Waals surface area contributed by atoms with Crippen LogP contribution < -0.4 is 0 Å². The molecule has 2 heterocycles. The van der Waals surface area contributed by atoms with Gasteiger partial charge in [-0.1, -0.05) is 24.3 Å². The van der Waals surface area contributed by atoms with Crippen molar-refractivity contribution in [1.29, 1.82) is 0 Å². The van der Waals surface area contributed by atoms with Gasteiger partial charge in [-0.15, -0.1) is 71.8 Å². The Hall–Kier alpha value is -3.40. The van der Waals surface area contributed by atoms with Crippen LogP contribution in [0.5, 0.6) is 0 Å². The number of aromatic nitrogens is 2. The molecule has 0 fully saturated rings. The number of aliphatic hydroxyl groups is 1. The zero-order chi connectivity index (χ0) is 22.3. The maximum Gasteiger partial charge on any atom is 0.155 e. The van der Waals surface area contributed by atoms with Gasteiger partial charge in [0.05, 0.1) is 5.76 Å². The summed E-state index contributed by atoms with van der Waals surface area (Å²) in [6.07, 6.45) is 4.67. The van der Waals surface area contributed by atoms with Crippen molar-refractivity contribution in [1.82, 2.24) is 9.97 Å². The van der Waals surface area contributed by atoms with E-state index in [9.17, 15) is 4.79 Å². The Kier molecular flexibility index (Phi) is 12.8. The molecule has 4 rings (SSSR count). The van der Waals surface area contributed by atoms with Gasteiger partial charge in [0.25, 0.3) is 0 Å². The summed E-state index contributed by atoms with van der Waals surface area (Å²) in [5.74, 6) is -0.0625. The number of carbonyl (C=O) groups is 1. The van der Waals surface area contributed by atoms with Gasteiger partial charge in [-0.25, -0.2) is 0 Å². The molecule has 1 radical (unpaired) electrons. The molecule has 32 heavy (non-hydrogen) atoms. The molecule has 0 unspecified atom stereocenters. The fraction of sp³-hybridized carbons (Fsp3) is 0.0741. The van der Waals surface area contributed by atoms with Crippen LogP contribution in [0.4, 0.5) is 0 Å². The SMILES string of the molecule is CC(=O)/C=C(/C)O.[Ir].[c-]1ccccc1-c1cccc(-c2[c-]cccc2)n1.c1ccncc1. The summed E-state index contributed by atoms with van der Waals surface area (Å²) < 4.78 is 0. The molecule has 0 aliphatic rings. The van der Waals surface area contributed by atoms with Gasteiger partial charge < -0.3 is 10.1 Å². The van der Waals surface area contributed by atoms with Crippen LogP contribution in [0.2, 0.25) is 0 Å². The van der Waals surface area contributed by atoms with Gasteiger partial charge in [-0.3, -0.25) is 9.78 Å². The van der Waals surface area contributed by atoms with Crippen LogP contribution in [0.1, 0.15) is 13.8 Å². The second-order valence-electron chi connectivity index (χ2n) is 6.38. The average Bonchev–Trinajstić information content (AvgIpc) is 2.81. The number of rotatable bonds is 3. The molecule has 4 nitrogen and oxygen atoms in total. The van der Waals surface area contributed by atoms with Gasteiger partial charge in [-0.05, 0) is 37.4 Å². The van der Waals surface area contributed by atoms with Crippen molar-refractivity contribution in [2.24, 2.45) is 0 Å². The third-order valence-corrected chi connectivity index (χ3v) is 3.70. The Labute approximate surface area is 203 Å². The first kappa shape index (κ1) is 26.6. The monoisotopic (exact) mass is 601 g/mol. The maximum atomic E-state index is 10.0. The molecule has 1 N–H and O–H groups in total. The predicted octanol–water partition coefficient (Wildman–Crippen LogP) is 6.13. The first-order valence-electron chi connectivity index (χ1n) is 9.70. The fourth-order valence-electron chi connectivity index (χ4n) is 2.45. The summed E-state index contributed by atoms with van der Waals surface area (Å²) in [5, 5.41) is 8.36. The van der Waals surface area contributed by atoms with Gasteiger partial charge in [0.1, 0.15) is 0 Å². The van der Waals surface area contributed by atoms with Gasteiger partial charge in [0, 0.05) is 38.6 Å². The van der Waals surface area contributed by atoms with Crippen molar-refractivity contribution in [2.45, 2.75) is 13.8 Å². The molecular weight excluding hydrogens is 577 g/mol. The largest absolute Gasteiger partial charge is 0.512 e.